The Morgan fingerprint density at radius 2 is 0.709 bits per heavy atom. The van der Waals surface area contributed by atoms with Crippen molar-refractivity contribution in [2.75, 3.05) is 0 Å². The molecule has 0 aliphatic carbocycles. The summed E-state index contributed by atoms with van der Waals surface area (Å²) in [5, 5.41) is 4.48. The van der Waals surface area contributed by atoms with Gasteiger partial charge in [0, 0.05) is 29.3 Å². The summed E-state index contributed by atoms with van der Waals surface area (Å²) in [6.07, 6.45) is 33.3. The first-order chi connectivity index (χ1) is 27.3. The first kappa shape index (κ1) is 41.8. The Kier molecular flexibility index (Phi) is 16.9. The quantitative estimate of drug-likeness (QED) is 0.0452. The highest BCUT2D eigenvalue weighted by molar-refractivity contribution is 7.46. The molecule has 0 bridgehead atoms. The number of fused-ring (bicyclic) bond motifs is 5. The van der Waals surface area contributed by atoms with E-state index in [1.807, 2.05) is 34.0 Å². The summed E-state index contributed by atoms with van der Waals surface area (Å²) >= 11 is 14.3. The lowest BCUT2D eigenvalue weighted by molar-refractivity contribution is 0.550. The molecule has 55 heavy (non-hydrogen) atoms. The van der Waals surface area contributed by atoms with E-state index in [9.17, 15) is 0 Å². The van der Waals surface area contributed by atoms with E-state index in [4.69, 9.17) is 0 Å². The van der Waals surface area contributed by atoms with Crippen molar-refractivity contribution in [2.24, 2.45) is 0 Å². The van der Waals surface area contributed by atoms with E-state index in [-0.39, 0.29) is 0 Å². The standard InChI is InChI=1S/C48H62S7/c1-3-5-7-9-11-13-15-17-19-21-23-27-35-41(39-30-26-34-50-39)52-45-43(35)54-48-46-44(55-47(45)48)36(28-24-22-20-18-16-14-12-10-8-6-4-2)42(53-46)40-32-31-38(51-40)37-29-25-33-49-37/h25-26,29-34H,3-24,27-28H2,1-2H3. The fourth-order valence-electron chi connectivity index (χ4n) is 8.21. The van der Waals surface area contributed by atoms with E-state index in [1.165, 1.54) is 174 Å². The van der Waals surface area contributed by atoms with Crippen molar-refractivity contribution in [2.45, 2.75) is 168 Å². The van der Waals surface area contributed by atoms with Crippen LogP contribution in [-0.2, 0) is 12.8 Å². The molecule has 0 N–H and O–H groups in total. The second kappa shape index (κ2) is 22.2. The molecule has 0 aliphatic heterocycles. The molecular weight excluding hydrogens is 801 g/mol. The van der Waals surface area contributed by atoms with Crippen molar-refractivity contribution in [3.05, 3.63) is 58.3 Å². The van der Waals surface area contributed by atoms with E-state index >= 15 is 0 Å². The predicted octanol–water partition coefficient (Wildman–Crippen LogP) is 20.3. The molecule has 0 saturated carbocycles. The summed E-state index contributed by atoms with van der Waals surface area (Å²) < 4.78 is 9.50. The number of rotatable bonds is 27. The molecule has 7 aromatic rings. The van der Waals surface area contributed by atoms with E-state index in [2.05, 4.69) is 106 Å². The van der Waals surface area contributed by atoms with Gasteiger partial charge in [0.1, 0.15) is 0 Å². The first-order valence-corrected chi connectivity index (χ1v) is 27.7. The van der Waals surface area contributed by atoms with Gasteiger partial charge in [-0.25, -0.2) is 0 Å². The molecule has 0 aromatic carbocycles. The van der Waals surface area contributed by atoms with Gasteiger partial charge in [0.2, 0.25) is 0 Å². The molecule has 0 amide bonds. The number of thiophene rings is 7. The van der Waals surface area contributed by atoms with Crippen molar-refractivity contribution in [1.29, 1.82) is 0 Å². The Labute approximate surface area is 360 Å². The van der Waals surface area contributed by atoms with Crippen LogP contribution in [0.3, 0.4) is 0 Å². The minimum Gasteiger partial charge on any atom is -0.143 e. The molecular formula is C48H62S7. The van der Waals surface area contributed by atoms with Crippen molar-refractivity contribution in [1.82, 2.24) is 0 Å². The average Bonchev–Trinajstić information content (AvgIpc) is 4.05. The molecule has 0 aliphatic rings. The number of unbranched alkanes of at least 4 members (excludes halogenated alkanes) is 20. The van der Waals surface area contributed by atoms with Crippen molar-refractivity contribution >= 4 is 108 Å². The van der Waals surface area contributed by atoms with Crippen LogP contribution in [0.15, 0.2) is 47.2 Å². The van der Waals surface area contributed by atoms with Crippen molar-refractivity contribution < 1.29 is 0 Å². The summed E-state index contributed by atoms with van der Waals surface area (Å²) in [7, 11) is 0. The van der Waals surface area contributed by atoms with Gasteiger partial charge in [-0.1, -0.05) is 154 Å². The molecule has 7 heterocycles. The summed E-state index contributed by atoms with van der Waals surface area (Å²) in [6, 6.07) is 13.9. The molecule has 7 rings (SSSR count). The SMILES string of the molecule is CCCCCCCCCCCCCc1c(-c2cccs2)sc2c1sc1c3sc(-c4ccc(-c5cccs5)s4)c(CCCCCCCCCCCCC)c3sc21. The minimum absolute atomic E-state index is 1.21. The lowest BCUT2D eigenvalue weighted by Crippen LogP contribution is -1.87. The molecule has 0 unspecified atom stereocenters. The normalized spacial score (nSPS) is 12.1. The predicted molar refractivity (Wildman–Crippen MR) is 261 cm³/mol. The maximum Gasteiger partial charge on any atom is 0.0651 e. The Balaban J connectivity index is 1.07. The maximum atomic E-state index is 2.42. The van der Waals surface area contributed by atoms with Crippen LogP contribution in [0.4, 0.5) is 0 Å². The topological polar surface area (TPSA) is 0 Å². The Morgan fingerprint density at radius 3 is 1.15 bits per heavy atom. The smallest absolute Gasteiger partial charge is 0.0651 e. The van der Waals surface area contributed by atoms with Gasteiger partial charge in [-0.3, -0.25) is 0 Å². The van der Waals surface area contributed by atoms with Gasteiger partial charge in [-0.15, -0.1) is 79.4 Å². The Hall–Kier alpha value is -1.32. The van der Waals surface area contributed by atoms with Gasteiger partial charge in [0.25, 0.3) is 0 Å². The first-order valence-electron chi connectivity index (χ1n) is 21.9. The van der Waals surface area contributed by atoms with Crippen LogP contribution < -0.4 is 0 Å². The van der Waals surface area contributed by atoms with Gasteiger partial charge in [-0.05, 0) is 71.8 Å². The average molecular weight is 863 g/mol. The van der Waals surface area contributed by atoms with Crippen LogP contribution in [0.1, 0.15) is 166 Å². The third-order valence-electron chi connectivity index (χ3n) is 11.3. The van der Waals surface area contributed by atoms with Crippen LogP contribution in [0.25, 0.3) is 57.5 Å². The zero-order valence-electron chi connectivity index (χ0n) is 33.4. The molecule has 0 saturated heterocycles. The highest BCUT2D eigenvalue weighted by Gasteiger charge is 2.25. The van der Waals surface area contributed by atoms with Gasteiger partial charge in [-0.2, -0.15) is 0 Å². The molecule has 0 atom stereocenters. The van der Waals surface area contributed by atoms with Gasteiger partial charge in [0.05, 0.1) is 28.2 Å². The Bertz CT molecular complexity index is 2110. The largest absolute Gasteiger partial charge is 0.143 e. The van der Waals surface area contributed by atoms with Gasteiger partial charge >= 0.3 is 0 Å². The summed E-state index contributed by atoms with van der Waals surface area (Å²) in [6.45, 7) is 4.63. The lowest BCUT2D eigenvalue weighted by atomic mass is 10.0. The second-order valence-electron chi connectivity index (χ2n) is 15.7. The van der Waals surface area contributed by atoms with E-state index in [1.54, 1.807) is 49.1 Å². The van der Waals surface area contributed by atoms with Crippen molar-refractivity contribution in [3.8, 4) is 29.3 Å². The Morgan fingerprint density at radius 1 is 0.327 bits per heavy atom. The van der Waals surface area contributed by atoms with Gasteiger partial charge in [0.15, 0.2) is 0 Å². The maximum absolute atomic E-state index is 2.42. The second-order valence-corrected chi connectivity index (χ2v) is 22.7. The molecule has 0 radical (unpaired) electrons. The molecule has 0 spiro atoms. The van der Waals surface area contributed by atoms with Crippen LogP contribution in [0, 0.1) is 0 Å². The summed E-state index contributed by atoms with van der Waals surface area (Å²) in [5.41, 5.74) is 3.30. The molecule has 0 nitrogen and oxygen atoms in total. The van der Waals surface area contributed by atoms with Crippen LogP contribution in [-0.4, -0.2) is 0 Å². The third kappa shape index (κ3) is 10.8. The van der Waals surface area contributed by atoms with E-state index < -0.39 is 0 Å². The monoisotopic (exact) mass is 862 g/mol. The minimum atomic E-state index is 1.21. The zero-order chi connectivity index (χ0) is 37.7. The van der Waals surface area contributed by atoms with Crippen molar-refractivity contribution in [3.63, 3.8) is 0 Å². The molecule has 296 valence electrons. The van der Waals surface area contributed by atoms with E-state index in [0.717, 1.165) is 0 Å². The number of aryl methyl sites for hydroxylation is 2. The fraction of sp³-hybridized carbons (Fsp3) is 0.542. The van der Waals surface area contributed by atoms with Crippen LogP contribution in [0.5, 0.6) is 0 Å². The van der Waals surface area contributed by atoms with Crippen LogP contribution >= 0.6 is 79.4 Å². The molecule has 7 aromatic heterocycles. The zero-order valence-corrected chi connectivity index (χ0v) is 39.2. The highest BCUT2D eigenvalue weighted by Crippen LogP contribution is 2.56. The molecule has 7 heteroatoms. The summed E-state index contributed by atoms with van der Waals surface area (Å²) in [5.74, 6) is 0. The lowest BCUT2D eigenvalue weighted by Gasteiger charge is -2.05. The van der Waals surface area contributed by atoms with E-state index in [0.29, 0.717) is 0 Å². The summed E-state index contributed by atoms with van der Waals surface area (Å²) in [4.78, 5) is 8.87. The molecule has 0 fully saturated rings. The fourth-order valence-corrected chi connectivity index (χ4v) is 17.3. The third-order valence-corrected chi connectivity index (χ3v) is 20.4. The highest BCUT2D eigenvalue weighted by atomic mass is 32.1. The number of hydrogen-bond acceptors (Lipinski definition) is 7. The van der Waals surface area contributed by atoms with Gasteiger partial charge < -0.3 is 0 Å². The van der Waals surface area contributed by atoms with Crippen LogP contribution in [0.2, 0.25) is 0 Å². The number of hydrogen-bond donors (Lipinski definition) is 0.